The predicted molar refractivity (Wildman–Crippen MR) is 95.4 cm³/mol. The minimum absolute atomic E-state index is 0.0581. The van der Waals surface area contributed by atoms with Crippen molar-refractivity contribution in [1.29, 1.82) is 0 Å². The van der Waals surface area contributed by atoms with Gasteiger partial charge in [0.15, 0.2) is 0 Å². The summed E-state index contributed by atoms with van der Waals surface area (Å²) in [5.41, 5.74) is 4.85. The average molecular weight is 315 g/mol. The molecule has 3 aromatic carbocycles. The van der Waals surface area contributed by atoms with Gasteiger partial charge in [-0.2, -0.15) is 0 Å². The number of carbonyl (C=O) groups is 1. The second kappa shape index (κ2) is 5.85. The Morgan fingerprint density at radius 2 is 1.62 bits per heavy atom. The number of anilines is 1. The molecular formula is C21H17NO2. The number of carbonyl (C=O) groups excluding carboxylic acids is 1. The van der Waals surface area contributed by atoms with Crippen LogP contribution in [0.3, 0.4) is 0 Å². The number of hydrogen-bond acceptors (Lipinski definition) is 2. The zero-order chi connectivity index (χ0) is 16.5. The fraction of sp³-hybridized carbons (Fsp3) is 0.0952. The maximum absolute atomic E-state index is 12.7. The predicted octanol–water partition coefficient (Wildman–Crippen LogP) is 4.52. The van der Waals surface area contributed by atoms with Gasteiger partial charge in [0.1, 0.15) is 5.75 Å². The van der Waals surface area contributed by atoms with E-state index in [4.69, 9.17) is 4.74 Å². The largest absolute Gasteiger partial charge is 0.496 e. The fourth-order valence-electron chi connectivity index (χ4n) is 3.19. The van der Waals surface area contributed by atoms with Crippen LogP contribution in [0.2, 0.25) is 0 Å². The number of nitrogens with zero attached hydrogens (tertiary/aromatic N) is 1. The molecule has 3 aromatic rings. The van der Waals surface area contributed by atoms with Crippen LogP contribution in [0.25, 0.3) is 11.1 Å². The summed E-state index contributed by atoms with van der Waals surface area (Å²) in [5, 5.41) is 0. The second-order valence-electron chi connectivity index (χ2n) is 5.80. The molecule has 0 fully saturated rings. The third kappa shape index (κ3) is 2.35. The second-order valence-corrected chi connectivity index (χ2v) is 5.80. The topological polar surface area (TPSA) is 29.5 Å². The molecule has 0 unspecified atom stereocenters. The molecule has 24 heavy (non-hydrogen) atoms. The minimum atomic E-state index is 0.0581. The number of para-hydroxylation sites is 2. The number of amides is 1. The maximum Gasteiger partial charge on any atom is 0.258 e. The van der Waals surface area contributed by atoms with Crippen LogP contribution < -0.4 is 9.64 Å². The van der Waals surface area contributed by atoms with Gasteiger partial charge in [-0.15, -0.1) is 0 Å². The zero-order valence-corrected chi connectivity index (χ0v) is 13.4. The Balaban J connectivity index is 1.73. The summed E-state index contributed by atoms with van der Waals surface area (Å²) < 4.78 is 5.45. The van der Waals surface area contributed by atoms with Gasteiger partial charge in [-0.3, -0.25) is 4.79 Å². The van der Waals surface area contributed by atoms with Crippen molar-refractivity contribution in [3.63, 3.8) is 0 Å². The van der Waals surface area contributed by atoms with E-state index in [0.717, 1.165) is 33.7 Å². The molecule has 0 spiro atoms. The lowest BCUT2D eigenvalue weighted by atomic mass is 10.00. The third-order valence-corrected chi connectivity index (χ3v) is 4.40. The highest BCUT2D eigenvalue weighted by Crippen LogP contribution is 2.34. The molecule has 0 saturated carbocycles. The molecule has 118 valence electrons. The molecule has 0 N–H and O–H groups in total. The van der Waals surface area contributed by atoms with Gasteiger partial charge in [0.2, 0.25) is 0 Å². The Hall–Kier alpha value is -3.07. The molecule has 4 rings (SSSR count). The van der Waals surface area contributed by atoms with Crippen molar-refractivity contribution in [1.82, 2.24) is 0 Å². The summed E-state index contributed by atoms with van der Waals surface area (Å²) in [6.45, 7) is 0.598. The van der Waals surface area contributed by atoms with Gasteiger partial charge < -0.3 is 9.64 Å². The molecule has 0 aliphatic carbocycles. The first-order chi connectivity index (χ1) is 11.8. The summed E-state index contributed by atoms with van der Waals surface area (Å²) in [7, 11) is 1.67. The van der Waals surface area contributed by atoms with Crippen molar-refractivity contribution in [2.75, 3.05) is 12.0 Å². The van der Waals surface area contributed by atoms with Gasteiger partial charge in [0, 0.05) is 16.8 Å². The van der Waals surface area contributed by atoms with E-state index in [1.165, 1.54) is 0 Å². The lowest BCUT2D eigenvalue weighted by Gasteiger charge is -2.15. The fourth-order valence-corrected chi connectivity index (χ4v) is 3.19. The number of ether oxygens (including phenoxy) is 1. The molecule has 0 saturated heterocycles. The standard InChI is InChI=1S/C21H17NO2/c1-24-20-10-6-5-9-18(20)15-11-12-19-16(13-15)14-22(21(19)23)17-7-3-2-4-8-17/h2-13H,14H2,1H3. The maximum atomic E-state index is 12.7. The first-order valence-electron chi connectivity index (χ1n) is 7.91. The monoisotopic (exact) mass is 315 g/mol. The molecule has 1 aliphatic heterocycles. The van der Waals surface area contributed by atoms with Crippen molar-refractivity contribution < 1.29 is 9.53 Å². The summed E-state index contributed by atoms with van der Waals surface area (Å²) in [4.78, 5) is 14.5. The van der Waals surface area contributed by atoms with E-state index in [0.29, 0.717) is 6.54 Å². The van der Waals surface area contributed by atoms with E-state index in [1.54, 1.807) is 7.11 Å². The van der Waals surface area contributed by atoms with Crippen molar-refractivity contribution in [3.05, 3.63) is 83.9 Å². The summed E-state index contributed by atoms with van der Waals surface area (Å²) >= 11 is 0. The van der Waals surface area contributed by atoms with Crippen molar-refractivity contribution in [2.24, 2.45) is 0 Å². The van der Waals surface area contributed by atoms with Crippen LogP contribution in [-0.2, 0) is 6.54 Å². The zero-order valence-electron chi connectivity index (χ0n) is 13.4. The molecule has 0 radical (unpaired) electrons. The molecule has 0 atom stereocenters. The molecule has 0 aromatic heterocycles. The first-order valence-corrected chi connectivity index (χ1v) is 7.91. The molecule has 1 heterocycles. The summed E-state index contributed by atoms with van der Waals surface area (Å²) in [6.07, 6.45) is 0. The normalized spacial score (nSPS) is 13.0. The van der Waals surface area contributed by atoms with Gasteiger partial charge in [0.05, 0.1) is 13.7 Å². The van der Waals surface area contributed by atoms with Gasteiger partial charge in [0.25, 0.3) is 5.91 Å². The lowest BCUT2D eigenvalue weighted by molar-refractivity contribution is 0.0996. The quantitative estimate of drug-likeness (QED) is 0.711. The van der Waals surface area contributed by atoms with E-state index >= 15 is 0 Å². The van der Waals surface area contributed by atoms with E-state index in [9.17, 15) is 4.79 Å². The van der Waals surface area contributed by atoms with Gasteiger partial charge >= 0.3 is 0 Å². The smallest absolute Gasteiger partial charge is 0.258 e. The highest BCUT2D eigenvalue weighted by atomic mass is 16.5. The van der Waals surface area contributed by atoms with Gasteiger partial charge in [-0.1, -0.05) is 42.5 Å². The molecule has 0 bridgehead atoms. The van der Waals surface area contributed by atoms with Crippen LogP contribution in [-0.4, -0.2) is 13.0 Å². The van der Waals surface area contributed by atoms with Crippen LogP contribution in [0, 0.1) is 0 Å². The molecule has 1 amide bonds. The molecule has 3 heteroatoms. The highest BCUT2D eigenvalue weighted by Gasteiger charge is 2.28. The van der Waals surface area contributed by atoms with Crippen LogP contribution in [0.15, 0.2) is 72.8 Å². The van der Waals surface area contributed by atoms with E-state index in [2.05, 4.69) is 6.07 Å². The van der Waals surface area contributed by atoms with Crippen molar-refractivity contribution in [3.8, 4) is 16.9 Å². The van der Waals surface area contributed by atoms with Crippen LogP contribution in [0.5, 0.6) is 5.75 Å². The number of methoxy groups -OCH3 is 1. The number of benzene rings is 3. The van der Waals surface area contributed by atoms with Crippen molar-refractivity contribution in [2.45, 2.75) is 6.54 Å². The van der Waals surface area contributed by atoms with E-state index < -0.39 is 0 Å². The lowest BCUT2D eigenvalue weighted by Crippen LogP contribution is -2.22. The summed E-state index contributed by atoms with van der Waals surface area (Å²) in [5.74, 6) is 0.893. The number of hydrogen-bond donors (Lipinski definition) is 0. The minimum Gasteiger partial charge on any atom is -0.496 e. The SMILES string of the molecule is COc1ccccc1-c1ccc2c(c1)CN(c1ccccc1)C2=O. The Labute approximate surface area is 141 Å². The average Bonchev–Trinajstić information content (AvgIpc) is 2.98. The molecule has 3 nitrogen and oxygen atoms in total. The first kappa shape index (κ1) is 14.5. The highest BCUT2D eigenvalue weighted by molar-refractivity contribution is 6.10. The molecular weight excluding hydrogens is 298 g/mol. The van der Waals surface area contributed by atoms with Crippen LogP contribution >= 0.6 is 0 Å². The third-order valence-electron chi connectivity index (χ3n) is 4.40. The number of rotatable bonds is 3. The van der Waals surface area contributed by atoms with Gasteiger partial charge in [-0.05, 0) is 41.5 Å². The Kier molecular flexibility index (Phi) is 3.54. The van der Waals surface area contributed by atoms with E-state index in [1.807, 2.05) is 71.6 Å². The summed E-state index contributed by atoms with van der Waals surface area (Å²) in [6, 6.07) is 23.7. The van der Waals surface area contributed by atoms with Crippen LogP contribution in [0.1, 0.15) is 15.9 Å². The Bertz CT molecular complexity index is 903. The van der Waals surface area contributed by atoms with E-state index in [-0.39, 0.29) is 5.91 Å². The Morgan fingerprint density at radius 1 is 0.875 bits per heavy atom. The number of fused-ring (bicyclic) bond motifs is 1. The van der Waals surface area contributed by atoms with Gasteiger partial charge in [-0.25, -0.2) is 0 Å². The Morgan fingerprint density at radius 3 is 2.42 bits per heavy atom. The molecule has 1 aliphatic rings. The van der Waals surface area contributed by atoms with Crippen LogP contribution in [0.4, 0.5) is 5.69 Å². The van der Waals surface area contributed by atoms with Crippen molar-refractivity contribution >= 4 is 11.6 Å².